The number of rotatable bonds is 11. The molecule has 0 fully saturated rings. The van der Waals surface area contributed by atoms with Gasteiger partial charge in [-0.25, -0.2) is 4.98 Å². The van der Waals surface area contributed by atoms with Gasteiger partial charge in [-0.15, -0.1) is 0 Å². The molecule has 418 valence electrons. The number of Topliss-reactive ketones (excluding diaryl/α,β-unsaturated/α-hetero) is 1. The van der Waals surface area contributed by atoms with Crippen LogP contribution in [0.2, 0.25) is 0 Å². The number of pyridine rings is 1. The number of hydrogen-bond donors (Lipinski definition) is 4. The summed E-state index contributed by atoms with van der Waals surface area (Å²) in [5.41, 5.74) is 32.0. The standard InChI is InChI=1S/C71H49N7O6.C2H6/c1-36-28-39-8-4-5-9-40(39)29-55(36)76-37(2)51-32-58(81-47-20-12-43(72)13-21-47)64-67-61(84-50-26-18-46(75)19-27-50)35-54-63-53(70-77-56-30-41-10-6-7-11-42(41)31-57(56)78(70)71(54)80)34-60(83-49-24-16-45(74)17-25-49)66(69(63)67)65-59(82-48-22-14-44(73)15-23-48)33-52(38(3)79)62(51)68(64)65;1-2/h4-35H,72-75H2,1-3H3;1-2H3. The monoisotopic (exact) mass is 1130 g/mol. The normalized spacial score (nSPS) is 11.9. The number of hydrogen-bond acceptors (Lipinski definition) is 12. The van der Waals surface area contributed by atoms with E-state index in [1.54, 1.807) is 121 Å². The third-order valence-corrected chi connectivity index (χ3v) is 15.9. The molecule has 0 aliphatic heterocycles. The molecule has 13 aromatic carbocycles. The van der Waals surface area contributed by atoms with Gasteiger partial charge in [-0.3, -0.25) is 19.0 Å². The van der Waals surface area contributed by atoms with Crippen LogP contribution in [0.5, 0.6) is 46.0 Å². The van der Waals surface area contributed by atoms with Crippen molar-refractivity contribution in [2.45, 2.75) is 34.6 Å². The Bertz CT molecular complexity index is 5330. The first-order valence-corrected chi connectivity index (χ1v) is 28.3. The van der Waals surface area contributed by atoms with Crippen molar-refractivity contribution in [3.8, 4) is 46.0 Å². The van der Waals surface area contributed by atoms with Crippen molar-refractivity contribution in [2.24, 2.45) is 4.99 Å². The van der Waals surface area contributed by atoms with Crippen LogP contribution in [0.1, 0.15) is 49.2 Å². The third kappa shape index (κ3) is 8.71. The van der Waals surface area contributed by atoms with Crippen molar-refractivity contribution in [2.75, 3.05) is 22.9 Å². The maximum absolute atomic E-state index is 16.0. The predicted molar refractivity (Wildman–Crippen MR) is 352 cm³/mol. The Hall–Kier alpha value is -11.4. The first-order chi connectivity index (χ1) is 41.8. The van der Waals surface area contributed by atoms with E-state index >= 15 is 4.79 Å². The smallest absolute Gasteiger partial charge is 0.264 e. The maximum atomic E-state index is 16.0. The van der Waals surface area contributed by atoms with E-state index < -0.39 is 0 Å². The van der Waals surface area contributed by atoms with Crippen LogP contribution in [0.15, 0.2) is 204 Å². The molecular weight excluding hydrogens is 1070 g/mol. The minimum absolute atomic E-state index is 0.248. The van der Waals surface area contributed by atoms with Crippen molar-refractivity contribution in [3.63, 3.8) is 0 Å². The van der Waals surface area contributed by atoms with Crippen LogP contribution >= 0.6 is 0 Å². The molecule has 0 saturated heterocycles. The summed E-state index contributed by atoms with van der Waals surface area (Å²) >= 11 is 0. The summed E-state index contributed by atoms with van der Waals surface area (Å²) < 4.78 is 30.5. The molecular formula is C73H55N7O6. The summed E-state index contributed by atoms with van der Waals surface area (Å²) in [6.07, 6.45) is 0. The first kappa shape index (κ1) is 52.6. The topological polar surface area (TPSA) is 205 Å². The van der Waals surface area contributed by atoms with E-state index in [0.717, 1.165) is 32.8 Å². The molecule has 0 saturated carbocycles. The number of nitrogens with two attached hydrogens (primary N) is 4. The van der Waals surface area contributed by atoms with Crippen LogP contribution in [0.3, 0.4) is 0 Å². The summed E-state index contributed by atoms with van der Waals surface area (Å²) in [6, 6.07) is 60.3. The van der Waals surface area contributed by atoms with Crippen molar-refractivity contribution in [1.29, 1.82) is 0 Å². The Labute approximate surface area is 492 Å². The van der Waals surface area contributed by atoms with E-state index in [0.29, 0.717) is 156 Å². The summed E-state index contributed by atoms with van der Waals surface area (Å²) in [4.78, 5) is 41.6. The average molecular weight is 1130 g/mol. The van der Waals surface area contributed by atoms with Crippen LogP contribution in [0, 0.1) is 6.92 Å². The quantitative estimate of drug-likeness (QED) is 0.0315. The van der Waals surface area contributed by atoms with Gasteiger partial charge in [0.25, 0.3) is 5.56 Å². The lowest BCUT2D eigenvalue weighted by atomic mass is 9.82. The number of carbonyl (C=O) groups excluding carboxylic acids is 1. The number of nitrogen functional groups attached to an aromatic ring is 4. The largest absolute Gasteiger partial charge is 0.457 e. The molecule has 15 aromatic rings. The van der Waals surface area contributed by atoms with Gasteiger partial charge in [-0.05, 0) is 193 Å². The molecule has 0 radical (unpaired) electrons. The highest BCUT2D eigenvalue weighted by molar-refractivity contribution is 6.44. The fourth-order valence-corrected chi connectivity index (χ4v) is 12.0. The van der Waals surface area contributed by atoms with Gasteiger partial charge in [0, 0.05) is 88.1 Å². The number of benzene rings is 13. The van der Waals surface area contributed by atoms with Gasteiger partial charge in [-0.1, -0.05) is 62.4 Å². The molecule has 8 N–H and O–H groups in total. The number of carbonyl (C=O) groups is 1. The van der Waals surface area contributed by atoms with E-state index in [1.807, 2.05) is 88.4 Å². The fourth-order valence-electron chi connectivity index (χ4n) is 12.0. The van der Waals surface area contributed by atoms with Crippen molar-refractivity contribution in [1.82, 2.24) is 9.38 Å². The predicted octanol–water partition coefficient (Wildman–Crippen LogP) is 18.0. The number of ether oxygens (including phenoxy) is 4. The molecule has 0 unspecified atom stereocenters. The molecule has 13 nitrogen and oxygen atoms in total. The Morgan fingerprint density at radius 3 is 1.30 bits per heavy atom. The number of nitrogens with zero attached hydrogens (tertiary/aromatic N) is 3. The van der Waals surface area contributed by atoms with Crippen LogP contribution < -0.4 is 47.4 Å². The minimum Gasteiger partial charge on any atom is -0.457 e. The second-order valence-electron chi connectivity index (χ2n) is 21.4. The second-order valence-corrected chi connectivity index (χ2v) is 21.4. The molecule has 2 heterocycles. The minimum atomic E-state index is -0.326. The summed E-state index contributed by atoms with van der Waals surface area (Å²) in [5.74, 6) is 2.87. The molecule has 0 atom stereocenters. The zero-order valence-corrected chi connectivity index (χ0v) is 47.6. The van der Waals surface area contributed by atoms with Crippen molar-refractivity contribution >= 4 is 132 Å². The van der Waals surface area contributed by atoms with Gasteiger partial charge < -0.3 is 41.9 Å². The lowest BCUT2D eigenvalue weighted by molar-refractivity contribution is 0.101. The number of imidazole rings is 1. The molecule has 2 aromatic heterocycles. The van der Waals surface area contributed by atoms with Gasteiger partial charge in [0.05, 0.1) is 22.1 Å². The van der Waals surface area contributed by atoms with Crippen LogP contribution in [-0.4, -0.2) is 20.9 Å². The highest BCUT2D eigenvalue weighted by atomic mass is 16.5. The number of aromatic nitrogens is 2. The first-order valence-electron chi connectivity index (χ1n) is 28.3. The lowest BCUT2D eigenvalue weighted by Gasteiger charge is -2.26. The molecule has 13 heteroatoms. The molecule has 0 amide bonds. The molecule has 0 aliphatic rings. The molecule has 15 rings (SSSR count). The Morgan fingerprint density at radius 2 is 0.837 bits per heavy atom. The van der Waals surface area contributed by atoms with E-state index in [1.165, 1.54) is 0 Å². The fraction of sp³-hybridized carbons (Fsp3) is 0.0685. The number of aryl methyl sites for hydroxylation is 1. The Balaban J connectivity index is 0.00000323. The maximum Gasteiger partial charge on any atom is 0.264 e. The van der Waals surface area contributed by atoms with E-state index in [2.05, 4.69) is 24.3 Å². The highest BCUT2D eigenvalue weighted by Crippen LogP contribution is 2.57. The van der Waals surface area contributed by atoms with Gasteiger partial charge in [0.15, 0.2) is 5.78 Å². The average Bonchev–Trinajstić information content (AvgIpc) is 0.897. The van der Waals surface area contributed by atoms with Crippen LogP contribution in [0.25, 0.3) is 92.1 Å². The highest BCUT2D eigenvalue weighted by Gasteiger charge is 2.33. The lowest BCUT2D eigenvalue weighted by Crippen LogP contribution is -2.14. The molecule has 0 spiro atoms. The van der Waals surface area contributed by atoms with Gasteiger partial charge in [0.2, 0.25) is 0 Å². The summed E-state index contributed by atoms with van der Waals surface area (Å²) in [5, 5.41) is 9.34. The van der Waals surface area contributed by atoms with Gasteiger partial charge in [0.1, 0.15) is 51.6 Å². The molecule has 0 aliphatic carbocycles. The molecule has 86 heavy (non-hydrogen) atoms. The van der Waals surface area contributed by atoms with E-state index in [4.69, 9.17) is 51.9 Å². The van der Waals surface area contributed by atoms with E-state index in [-0.39, 0.29) is 11.3 Å². The van der Waals surface area contributed by atoms with Crippen molar-refractivity contribution < 1.29 is 23.7 Å². The van der Waals surface area contributed by atoms with Gasteiger partial charge in [-0.2, -0.15) is 0 Å². The number of ketones is 1. The van der Waals surface area contributed by atoms with Crippen LogP contribution in [0.4, 0.5) is 28.4 Å². The van der Waals surface area contributed by atoms with Crippen molar-refractivity contribution in [3.05, 3.63) is 221 Å². The number of anilines is 4. The zero-order valence-electron chi connectivity index (χ0n) is 47.6. The SMILES string of the molecule is CC.CC(=O)c1cc(Oc2ccc(N)cc2)c2c3c(Oc4ccc(N)cc4)cc4c5c(cc(Oc6ccc(N)cc6)c(c6c(Oc7ccc(N)cc7)cc(C(C)=Nc7cc8ccccc8cc7C)c1c62)c35)c(=O)n1c2cc3ccccc3cc2nc41. The molecule has 0 bridgehead atoms. The van der Waals surface area contributed by atoms with Crippen LogP contribution in [-0.2, 0) is 0 Å². The third-order valence-electron chi connectivity index (χ3n) is 15.9. The second kappa shape index (κ2) is 20.5. The Kier molecular flexibility index (Phi) is 12.5. The zero-order chi connectivity index (χ0) is 59.2. The number of aliphatic imine (C=N–C) groups is 1. The van der Waals surface area contributed by atoms with E-state index in [9.17, 15) is 4.79 Å². The number of fused-ring (bicyclic) bond motifs is 8. The summed E-state index contributed by atoms with van der Waals surface area (Å²) in [6.45, 7) is 9.52. The van der Waals surface area contributed by atoms with Gasteiger partial charge >= 0.3 is 0 Å². The Morgan fingerprint density at radius 1 is 0.442 bits per heavy atom. The summed E-state index contributed by atoms with van der Waals surface area (Å²) in [7, 11) is 0.